The molecule has 0 saturated carbocycles. The summed E-state index contributed by atoms with van der Waals surface area (Å²) < 4.78 is 0. The van der Waals surface area contributed by atoms with Gasteiger partial charge in [0.05, 0.1) is 5.69 Å². The normalized spacial score (nSPS) is 11.7. The van der Waals surface area contributed by atoms with Gasteiger partial charge in [-0.15, -0.1) is 0 Å². The van der Waals surface area contributed by atoms with E-state index in [1.165, 1.54) is 43.4 Å². The zero-order chi connectivity index (χ0) is 19.1. The molecule has 0 N–H and O–H groups in total. The molecule has 1 aromatic heterocycles. The molecule has 1 nitrogen and oxygen atoms in total. The Labute approximate surface area is 165 Å². The quantitative estimate of drug-likeness (QED) is 0.305. The van der Waals surface area contributed by atoms with E-state index in [0.29, 0.717) is 5.92 Å². The number of rotatable bonds is 3. The molecule has 4 aromatic carbocycles. The summed E-state index contributed by atoms with van der Waals surface area (Å²) in [7, 11) is 0. The van der Waals surface area contributed by atoms with Gasteiger partial charge in [0.1, 0.15) is 0 Å². The van der Waals surface area contributed by atoms with Gasteiger partial charge in [-0.2, -0.15) is 0 Å². The van der Waals surface area contributed by atoms with Crippen LogP contribution in [0.25, 0.3) is 43.6 Å². The Balaban J connectivity index is 1.76. The van der Waals surface area contributed by atoms with Crippen molar-refractivity contribution in [3.05, 3.63) is 90.6 Å². The monoisotopic (exact) mass is 361 g/mol. The molecule has 0 atom stereocenters. The van der Waals surface area contributed by atoms with Gasteiger partial charge in [-0.05, 0) is 57.0 Å². The van der Waals surface area contributed by atoms with E-state index in [1.807, 2.05) is 6.20 Å². The summed E-state index contributed by atoms with van der Waals surface area (Å²) in [6, 6.07) is 28.6. The van der Waals surface area contributed by atoms with E-state index in [4.69, 9.17) is 4.98 Å². The Hall–Kier alpha value is -3.19. The number of aromatic nitrogens is 1. The molecule has 136 valence electrons. The number of hydrogen-bond donors (Lipinski definition) is 0. The number of benzene rings is 4. The summed E-state index contributed by atoms with van der Waals surface area (Å²) in [4.78, 5) is 4.77. The number of pyridine rings is 1. The maximum atomic E-state index is 4.77. The lowest BCUT2D eigenvalue weighted by Gasteiger charge is -2.12. The first-order valence-electron chi connectivity index (χ1n) is 9.99. The summed E-state index contributed by atoms with van der Waals surface area (Å²) in [6.07, 6.45) is 3.04. The SMILES string of the molecule is CC(C)Cc1cccc(-c2nccc3c2ccc2c4ccccc4ccc32)c1. The highest BCUT2D eigenvalue weighted by Crippen LogP contribution is 2.35. The predicted octanol–water partition coefficient (Wildman–Crippen LogP) is 7.41. The molecule has 0 aliphatic rings. The predicted molar refractivity (Wildman–Crippen MR) is 121 cm³/mol. The average molecular weight is 361 g/mol. The van der Waals surface area contributed by atoms with Gasteiger partial charge in [0.2, 0.25) is 0 Å². The van der Waals surface area contributed by atoms with Crippen LogP contribution in [0.4, 0.5) is 0 Å². The first-order valence-corrected chi connectivity index (χ1v) is 9.99. The van der Waals surface area contributed by atoms with Crippen LogP contribution < -0.4 is 0 Å². The standard InChI is InChI=1S/C27H23N/c1-18(2)16-19-6-5-8-21(17-19)27-26-13-12-23-22-9-4-3-7-20(22)10-11-24(23)25(26)14-15-28-27/h3-15,17-18H,16H2,1-2H3. The molecule has 0 saturated heterocycles. The largest absolute Gasteiger partial charge is 0.256 e. The van der Waals surface area contributed by atoms with Gasteiger partial charge in [-0.25, -0.2) is 0 Å². The lowest BCUT2D eigenvalue weighted by Crippen LogP contribution is -1.95. The first kappa shape index (κ1) is 16.9. The molecule has 0 bridgehead atoms. The minimum Gasteiger partial charge on any atom is -0.256 e. The smallest absolute Gasteiger partial charge is 0.0780 e. The maximum absolute atomic E-state index is 4.77. The van der Waals surface area contributed by atoms with E-state index in [0.717, 1.165) is 12.1 Å². The zero-order valence-corrected chi connectivity index (χ0v) is 16.3. The van der Waals surface area contributed by atoms with Crippen molar-refractivity contribution in [1.29, 1.82) is 0 Å². The molecule has 5 aromatic rings. The first-order chi connectivity index (χ1) is 13.7. The third-order valence-electron chi connectivity index (χ3n) is 5.51. The van der Waals surface area contributed by atoms with Crippen molar-refractivity contribution < 1.29 is 0 Å². The van der Waals surface area contributed by atoms with Gasteiger partial charge in [-0.3, -0.25) is 4.98 Å². The molecular formula is C27H23N. The molecule has 0 spiro atoms. The van der Waals surface area contributed by atoms with E-state index in [-0.39, 0.29) is 0 Å². The van der Waals surface area contributed by atoms with Gasteiger partial charge >= 0.3 is 0 Å². The van der Waals surface area contributed by atoms with E-state index in [9.17, 15) is 0 Å². The van der Waals surface area contributed by atoms with Gasteiger partial charge in [0.25, 0.3) is 0 Å². The summed E-state index contributed by atoms with van der Waals surface area (Å²) in [5, 5.41) is 7.66. The molecule has 5 rings (SSSR count). The van der Waals surface area contributed by atoms with Crippen molar-refractivity contribution >= 4 is 32.3 Å². The molecule has 0 unspecified atom stereocenters. The molecule has 0 amide bonds. The Morgan fingerprint density at radius 3 is 2.32 bits per heavy atom. The number of nitrogens with zero attached hydrogens (tertiary/aromatic N) is 1. The van der Waals surface area contributed by atoms with Crippen LogP contribution >= 0.6 is 0 Å². The highest BCUT2D eigenvalue weighted by Gasteiger charge is 2.10. The minimum atomic E-state index is 0.646. The molecule has 0 fully saturated rings. The molecular weight excluding hydrogens is 338 g/mol. The number of fused-ring (bicyclic) bond motifs is 5. The topological polar surface area (TPSA) is 12.9 Å². The van der Waals surface area contributed by atoms with Gasteiger partial charge in [-0.1, -0.05) is 80.6 Å². The van der Waals surface area contributed by atoms with E-state index < -0.39 is 0 Å². The third-order valence-corrected chi connectivity index (χ3v) is 5.51. The van der Waals surface area contributed by atoms with E-state index >= 15 is 0 Å². The molecule has 0 aliphatic heterocycles. The van der Waals surface area contributed by atoms with Gasteiger partial charge in [0, 0.05) is 17.1 Å². The molecule has 1 heteroatoms. The van der Waals surface area contributed by atoms with Crippen molar-refractivity contribution in [3.8, 4) is 11.3 Å². The Morgan fingerprint density at radius 1 is 0.679 bits per heavy atom. The highest BCUT2D eigenvalue weighted by atomic mass is 14.7. The van der Waals surface area contributed by atoms with Crippen LogP contribution in [0.3, 0.4) is 0 Å². The second-order valence-corrected chi connectivity index (χ2v) is 8.00. The third kappa shape index (κ3) is 2.84. The summed E-state index contributed by atoms with van der Waals surface area (Å²) >= 11 is 0. The Kier molecular flexibility index (Phi) is 4.09. The maximum Gasteiger partial charge on any atom is 0.0780 e. The van der Waals surface area contributed by atoms with E-state index in [1.54, 1.807) is 0 Å². The van der Waals surface area contributed by atoms with E-state index in [2.05, 4.69) is 92.7 Å². The minimum absolute atomic E-state index is 0.646. The van der Waals surface area contributed by atoms with Crippen molar-refractivity contribution in [1.82, 2.24) is 4.98 Å². The second-order valence-electron chi connectivity index (χ2n) is 8.00. The van der Waals surface area contributed by atoms with Crippen molar-refractivity contribution in [3.63, 3.8) is 0 Å². The lowest BCUT2D eigenvalue weighted by atomic mass is 9.94. The zero-order valence-electron chi connectivity index (χ0n) is 16.3. The molecule has 0 radical (unpaired) electrons. The fraction of sp³-hybridized carbons (Fsp3) is 0.148. The molecule has 0 aliphatic carbocycles. The Bertz CT molecular complexity index is 1310. The van der Waals surface area contributed by atoms with Crippen LogP contribution in [0.2, 0.25) is 0 Å². The Morgan fingerprint density at radius 2 is 1.43 bits per heavy atom. The fourth-order valence-corrected chi connectivity index (χ4v) is 4.30. The average Bonchev–Trinajstić information content (AvgIpc) is 2.72. The van der Waals surface area contributed by atoms with Crippen LogP contribution in [-0.2, 0) is 6.42 Å². The fourth-order valence-electron chi connectivity index (χ4n) is 4.30. The lowest BCUT2D eigenvalue weighted by molar-refractivity contribution is 0.647. The summed E-state index contributed by atoms with van der Waals surface area (Å²) in [5.74, 6) is 0.646. The molecule has 1 heterocycles. The van der Waals surface area contributed by atoms with Crippen LogP contribution in [0.15, 0.2) is 85.1 Å². The van der Waals surface area contributed by atoms with Crippen LogP contribution in [0.5, 0.6) is 0 Å². The van der Waals surface area contributed by atoms with Crippen LogP contribution in [0, 0.1) is 5.92 Å². The second kappa shape index (κ2) is 6.76. The van der Waals surface area contributed by atoms with Gasteiger partial charge < -0.3 is 0 Å². The van der Waals surface area contributed by atoms with Crippen LogP contribution in [-0.4, -0.2) is 4.98 Å². The van der Waals surface area contributed by atoms with Crippen molar-refractivity contribution in [2.75, 3.05) is 0 Å². The van der Waals surface area contributed by atoms with Gasteiger partial charge in [0.15, 0.2) is 0 Å². The van der Waals surface area contributed by atoms with Crippen molar-refractivity contribution in [2.45, 2.75) is 20.3 Å². The highest BCUT2D eigenvalue weighted by molar-refractivity contribution is 6.18. The molecule has 28 heavy (non-hydrogen) atoms. The summed E-state index contributed by atoms with van der Waals surface area (Å²) in [6.45, 7) is 4.53. The summed E-state index contributed by atoms with van der Waals surface area (Å²) in [5.41, 5.74) is 3.64. The van der Waals surface area contributed by atoms with Crippen LogP contribution in [0.1, 0.15) is 19.4 Å². The van der Waals surface area contributed by atoms with Crippen molar-refractivity contribution in [2.24, 2.45) is 5.92 Å². The number of hydrogen-bond acceptors (Lipinski definition) is 1.